The molecule has 29 heavy (non-hydrogen) atoms. The normalized spacial score (nSPS) is 10.4. The molecule has 0 aromatic heterocycles. The average Bonchev–Trinajstić information content (AvgIpc) is 2.61. The molecule has 0 saturated carbocycles. The number of benzene rings is 1. The number of alkyl carbamates (subject to hydrolysis) is 2. The molecule has 0 atom stereocenters. The van der Waals surface area contributed by atoms with Crippen molar-refractivity contribution >= 4 is 29.7 Å². The van der Waals surface area contributed by atoms with E-state index in [0.29, 0.717) is 0 Å². The van der Waals surface area contributed by atoms with Crippen molar-refractivity contribution in [1.82, 2.24) is 10.6 Å². The number of nitrogens with one attached hydrogen (secondary N) is 3. The molecule has 9 nitrogen and oxygen atoms in total. The van der Waals surface area contributed by atoms with E-state index in [2.05, 4.69) is 14.8 Å². The molecule has 0 unspecified atom stereocenters. The van der Waals surface area contributed by atoms with E-state index in [0.717, 1.165) is 24.4 Å². The van der Waals surface area contributed by atoms with Gasteiger partial charge in [-0.15, -0.1) is 0 Å². The molecule has 1 aromatic rings. The maximum absolute atomic E-state index is 12.8. The van der Waals surface area contributed by atoms with Gasteiger partial charge in [-0.3, -0.25) is 20.2 Å². The monoisotopic (exact) mass is 417 g/mol. The first-order chi connectivity index (χ1) is 13.6. The van der Waals surface area contributed by atoms with Crippen molar-refractivity contribution in [3.05, 3.63) is 41.6 Å². The Morgan fingerprint density at radius 2 is 1.48 bits per heavy atom. The number of amides is 4. The summed E-state index contributed by atoms with van der Waals surface area (Å²) in [6.07, 6.45) is -6.19. The molecule has 158 valence electrons. The molecule has 1 rings (SSSR count). The summed E-state index contributed by atoms with van der Waals surface area (Å²) in [6, 6.07) is 3.92. The van der Waals surface area contributed by atoms with Gasteiger partial charge in [0.05, 0.1) is 18.8 Å². The highest BCUT2D eigenvalue weighted by Crippen LogP contribution is 2.30. The van der Waals surface area contributed by atoms with Gasteiger partial charge in [0.1, 0.15) is 5.57 Å². The first kappa shape index (κ1) is 23.5. The fourth-order valence-corrected chi connectivity index (χ4v) is 1.83. The Balaban J connectivity index is 3.09. The lowest BCUT2D eigenvalue weighted by molar-refractivity contribution is -0.137. The molecule has 12 heteroatoms. The molecule has 0 saturated heterocycles. The Labute approximate surface area is 163 Å². The summed E-state index contributed by atoms with van der Waals surface area (Å²) in [5.74, 6) is -2.52. The van der Waals surface area contributed by atoms with Gasteiger partial charge in [0.2, 0.25) is 0 Å². The summed E-state index contributed by atoms with van der Waals surface area (Å²) < 4.78 is 47.4. The quantitative estimate of drug-likeness (QED) is 0.369. The summed E-state index contributed by atoms with van der Waals surface area (Å²) in [6.45, 7) is 2.83. The molecular formula is C17H18F3N3O6. The van der Waals surface area contributed by atoms with Crippen LogP contribution in [0.5, 0.6) is 0 Å². The van der Waals surface area contributed by atoms with E-state index in [9.17, 15) is 32.3 Å². The van der Waals surface area contributed by atoms with Crippen LogP contribution in [0.3, 0.4) is 0 Å². The summed E-state index contributed by atoms with van der Waals surface area (Å²) in [7, 11) is 0. The van der Waals surface area contributed by atoms with E-state index in [4.69, 9.17) is 0 Å². The second-order valence-corrected chi connectivity index (χ2v) is 5.13. The van der Waals surface area contributed by atoms with Crippen LogP contribution in [-0.2, 0) is 25.2 Å². The number of imide groups is 2. The fourth-order valence-electron chi connectivity index (χ4n) is 1.83. The minimum absolute atomic E-state index is 0.0599. The van der Waals surface area contributed by atoms with Gasteiger partial charge in [0, 0.05) is 11.9 Å². The highest BCUT2D eigenvalue weighted by molar-refractivity contribution is 6.23. The molecule has 0 spiro atoms. The summed E-state index contributed by atoms with van der Waals surface area (Å²) in [4.78, 5) is 47.1. The molecule has 0 heterocycles. The molecule has 0 aliphatic rings. The van der Waals surface area contributed by atoms with Crippen molar-refractivity contribution in [1.29, 1.82) is 0 Å². The Morgan fingerprint density at radius 3 is 1.93 bits per heavy atom. The van der Waals surface area contributed by atoms with E-state index in [1.807, 2.05) is 0 Å². The van der Waals surface area contributed by atoms with Crippen LogP contribution < -0.4 is 16.0 Å². The number of alkyl halides is 3. The number of carbonyl (C=O) groups is 4. The highest BCUT2D eigenvalue weighted by atomic mass is 19.4. The Hall–Kier alpha value is -3.57. The zero-order valence-electron chi connectivity index (χ0n) is 15.4. The lowest BCUT2D eigenvalue weighted by atomic mass is 10.2. The Kier molecular flexibility index (Phi) is 8.65. The third-order valence-corrected chi connectivity index (χ3v) is 3.04. The number of rotatable bonds is 6. The maximum atomic E-state index is 12.8. The maximum Gasteiger partial charge on any atom is 0.416 e. The lowest BCUT2D eigenvalue weighted by Crippen LogP contribution is -2.40. The van der Waals surface area contributed by atoms with E-state index >= 15 is 0 Å². The van der Waals surface area contributed by atoms with Gasteiger partial charge in [0.25, 0.3) is 11.8 Å². The predicted molar refractivity (Wildman–Crippen MR) is 93.5 cm³/mol. The second-order valence-electron chi connectivity index (χ2n) is 5.13. The molecular weight excluding hydrogens is 399 g/mol. The van der Waals surface area contributed by atoms with Gasteiger partial charge >= 0.3 is 18.4 Å². The van der Waals surface area contributed by atoms with Crippen LogP contribution in [0.15, 0.2) is 36.0 Å². The number of carbonyl (C=O) groups excluding carboxylic acids is 4. The van der Waals surface area contributed by atoms with E-state index < -0.39 is 41.3 Å². The first-order valence-corrected chi connectivity index (χ1v) is 8.18. The van der Waals surface area contributed by atoms with Crippen LogP contribution in [-0.4, -0.2) is 37.2 Å². The van der Waals surface area contributed by atoms with Gasteiger partial charge in [0.15, 0.2) is 0 Å². The van der Waals surface area contributed by atoms with Crippen molar-refractivity contribution in [2.75, 3.05) is 18.5 Å². The van der Waals surface area contributed by atoms with Crippen molar-refractivity contribution in [2.24, 2.45) is 0 Å². The average molecular weight is 417 g/mol. The largest absolute Gasteiger partial charge is 0.450 e. The number of halogens is 3. The molecule has 3 N–H and O–H groups in total. The summed E-state index contributed by atoms with van der Waals surface area (Å²) in [5, 5.41) is 5.82. The van der Waals surface area contributed by atoms with Crippen molar-refractivity contribution in [3.8, 4) is 0 Å². The summed E-state index contributed by atoms with van der Waals surface area (Å²) in [5.41, 5.74) is -1.86. The molecule has 0 radical (unpaired) electrons. The first-order valence-electron chi connectivity index (χ1n) is 8.18. The van der Waals surface area contributed by atoms with Crippen molar-refractivity contribution in [2.45, 2.75) is 20.0 Å². The zero-order chi connectivity index (χ0) is 22.0. The number of hydrogen-bond donors (Lipinski definition) is 3. The van der Waals surface area contributed by atoms with Gasteiger partial charge in [-0.2, -0.15) is 13.2 Å². The molecule has 0 bridgehead atoms. The minimum Gasteiger partial charge on any atom is -0.450 e. The fraction of sp³-hybridized carbons (Fsp3) is 0.294. The van der Waals surface area contributed by atoms with Crippen LogP contribution >= 0.6 is 0 Å². The molecule has 1 aromatic carbocycles. The lowest BCUT2D eigenvalue weighted by Gasteiger charge is -2.11. The third kappa shape index (κ3) is 7.91. The second kappa shape index (κ2) is 10.7. The van der Waals surface area contributed by atoms with E-state index in [1.54, 1.807) is 10.6 Å². The van der Waals surface area contributed by atoms with Crippen LogP contribution in [0.2, 0.25) is 0 Å². The molecule has 0 aliphatic carbocycles. The van der Waals surface area contributed by atoms with E-state index in [1.165, 1.54) is 19.9 Å². The third-order valence-electron chi connectivity index (χ3n) is 3.04. The Bertz CT molecular complexity index is 774. The van der Waals surface area contributed by atoms with Gasteiger partial charge in [-0.1, -0.05) is 6.07 Å². The number of ether oxygens (including phenoxy) is 2. The standard InChI is InChI=1S/C17H18F3N3O6/c1-3-28-15(26)22-13(24)12(14(25)23-16(27)29-4-2)9-21-11-7-5-6-10(8-11)17(18,19)20/h5-9,21H,3-4H2,1-2H3,(H,22,24,26)(H,23,25,27). The van der Waals surface area contributed by atoms with E-state index in [-0.39, 0.29) is 18.9 Å². The predicted octanol–water partition coefficient (Wildman–Crippen LogP) is 2.55. The topological polar surface area (TPSA) is 123 Å². The van der Waals surface area contributed by atoms with Gasteiger partial charge in [-0.05, 0) is 32.0 Å². The smallest absolute Gasteiger partial charge is 0.416 e. The molecule has 4 amide bonds. The highest BCUT2D eigenvalue weighted by Gasteiger charge is 2.30. The Morgan fingerprint density at radius 1 is 0.966 bits per heavy atom. The number of hydrogen-bond acceptors (Lipinski definition) is 7. The zero-order valence-corrected chi connectivity index (χ0v) is 15.4. The molecule has 0 fully saturated rings. The SMILES string of the molecule is CCOC(=O)NC(=O)C(=CNc1cccc(C(F)(F)F)c1)C(=O)NC(=O)OCC. The molecule has 0 aliphatic heterocycles. The number of anilines is 1. The minimum atomic E-state index is -4.60. The summed E-state index contributed by atoms with van der Waals surface area (Å²) >= 11 is 0. The van der Waals surface area contributed by atoms with Crippen molar-refractivity contribution in [3.63, 3.8) is 0 Å². The van der Waals surface area contributed by atoms with Crippen LogP contribution in [0, 0.1) is 0 Å². The van der Waals surface area contributed by atoms with Crippen LogP contribution in [0.4, 0.5) is 28.4 Å². The van der Waals surface area contributed by atoms with Crippen molar-refractivity contribution < 1.29 is 41.8 Å². The van der Waals surface area contributed by atoms with Crippen LogP contribution in [0.25, 0.3) is 0 Å². The van der Waals surface area contributed by atoms with Gasteiger partial charge in [-0.25, -0.2) is 9.59 Å². The van der Waals surface area contributed by atoms with Gasteiger partial charge < -0.3 is 14.8 Å². The van der Waals surface area contributed by atoms with Crippen LogP contribution in [0.1, 0.15) is 19.4 Å².